The first-order valence-corrected chi connectivity index (χ1v) is 5.19. The summed E-state index contributed by atoms with van der Waals surface area (Å²) < 4.78 is 0. The lowest BCUT2D eigenvalue weighted by Crippen LogP contribution is -2.02. The smallest absolute Gasteiger partial charge is 0.0832 e. The highest BCUT2D eigenvalue weighted by Crippen LogP contribution is 2.43. The average molecular weight is 182 g/mol. The van der Waals surface area contributed by atoms with Gasteiger partial charge in [0.2, 0.25) is 0 Å². The van der Waals surface area contributed by atoms with Gasteiger partial charge >= 0.3 is 0 Å². The Bertz CT molecular complexity index is 314. The highest BCUT2D eigenvalue weighted by atomic mass is 32.1. The van der Waals surface area contributed by atoms with Crippen molar-refractivity contribution in [3.63, 3.8) is 0 Å². The van der Waals surface area contributed by atoms with E-state index in [0.717, 1.165) is 6.42 Å². The van der Waals surface area contributed by atoms with Crippen LogP contribution in [0.25, 0.3) is 0 Å². The molecule has 1 aromatic rings. The van der Waals surface area contributed by atoms with Crippen molar-refractivity contribution in [2.75, 3.05) is 0 Å². The molecule has 0 aliphatic heterocycles. The van der Waals surface area contributed by atoms with Gasteiger partial charge in [0.25, 0.3) is 0 Å². The Morgan fingerprint density at radius 3 is 2.67 bits per heavy atom. The van der Waals surface area contributed by atoms with Gasteiger partial charge in [-0.2, -0.15) is 0 Å². The molecule has 0 aromatic carbocycles. The Kier molecular flexibility index (Phi) is 1.77. The molecular formula is C10H14OS. The minimum absolute atomic E-state index is 0.204. The lowest BCUT2D eigenvalue weighted by Gasteiger charge is -2.09. The van der Waals surface area contributed by atoms with Crippen molar-refractivity contribution in [2.45, 2.75) is 33.3 Å². The quantitative estimate of drug-likeness (QED) is 0.654. The Balaban J connectivity index is 2.53. The summed E-state index contributed by atoms with van der Waals surface area (Å²) in [6.07, 6.45) is 0.862. The number of aliphatic hydroxyl groups excluding tert-OH is 1. The predicted molar refractivity (Wildman–Crippen MR) is 51.6 cm³/mol. The van der Waals surface area contributed by atoms with Crippen molar-refractivity contribution in [3.05, 3.63) is 20.9 Å². The van der Waals surface area contributed by atoms with E-state index in [1.54, 1.807) is 0 Å². The van der Waals surface area contributed by atoms with E-state index in [9.17, 15) is 5.11 Å². The van der Waals surface area contributed by atoms with Crippen LogP contribution < -0.4 is 0 Å². The first-order valence-electron chi connectivity index (χ1n) is 4.38. The molecule has 2 rings (SSSR count). The van der Waals surface area contributed by atoms with E-state index < -0.39 is 0 Å². The highest BCUT2D eigenvalue weighted by molar-refractivity contribution is 7.12. The van der Waals surface area contributed by atoms with E-state index >= 15 is 0 Å². The molecule has 1 aliphatic rings. The molecule has 2 heteroatoms. The fourth-order valence-electron chi connectivity index (χ4n) is 1.94. The minimum Gasteiger partial charge on any atom is -0.388 e. The third-order valence-corrected chi connectivity index (χ3v) is 4.10. The van der Waals surface area contributed by atoms with Crippen LogP contribution in [0.4, 0.5) is 0 Å². The highest BCUT2D eigenvalue weighted by Gasteiger charge is 2.31. The Morgan fingerprint density at radius 2 is 2.08 bits per heavy atom. The first-order chi connectivity index (χ1) is 5.61. The molecular weight excluding hydrogens is 168 g/mol. The number of fused-ring (bicyclic) bond motifs is 1. The summed E-state index contributed by atoms with van der Waals surface area (Å²) in [5, 5.41) is 9.85. The molecule has 0 amide bonds. The zero-order valence-corrected chi connectivity index (χ0v) is 8.53. The SMILES string of the molecule is Cc1sc2c(c1C)C(O)C(C)C2. The summed E-state index contributed by atoms with van der Waals surface area (Å²) >= 11 is 1.85. The van der Waals surface area contributed by atoms with E-state index in [1.807, 2.05) is 11.3 Å². The fourth-order valence-corrected chi connectivity index (χ4v) is 3.30. The van der Waals surface area contributed by atoms with Crippen molar-refractivity contribution in [1.82, 2.24) is 0 Å². The van der Waals surface area contributed by atoms with Gasteiger partial charge in [0.15, 0.2) is 0 Å². The summed E-state index contributed by atoms with van der Waals surface area (Å²) in [6.45, 7) is 6.37. The van der Waals surface area contributed by atoms with Gasteiger partial charge in [-0.3, -0.25) is 0 Å². The van der Waals surface area contributed by atoms with Gasteiger partial charge in [-0.1, -0.05) is 6.92 Å². The number of rotatable bonds is 0. The van der Waals surface area contributed by atoms with E-state index in [1.165, 1.54) is 20.9 Å². The van der Waals surface area contributed by atoms with Crippen molar-refractivity contribution in [3.8, 4) is 0 Å². The van der Waals surface area contributed by atoms with Crippen LogP contribution in [0.2, 0.25) is 0 Å². The second-order valence-electron chi connectivity index (χ2n) is 3.75. The number of thiophene rings is 1. The maximum atomic E-state index is 9.85. The molecule has 0 saturated carbocycles. The Labute approximate surface area is 77.0 Å². The minimum atomic E-state index is -0.204. The predicted octanol–water partition coefficient (Wildman–Crippen LogP) is 2.59. The molecule has 0 bridgehead atoms. The van der Waals surface area contributed by atoms with E-state index in [2.05, 4.69) is 20.8 Å². The van der Waals surface area contributed by atoms with Crippen LogP contribution in [-0.2, 0) is 6.42 Å². The van der Waals surface area contributed by atoms with Gasteiger partial charge in [-0.25, -0.2) is 0 Å². The van der Waals surface area contributed by atoms with Crippen molar-refractivity contribution >= 4 is 11.3 Å². The molecule has 1 nitrogen and oxygen atoms in total. The number of hydrogen-bond donors (Lipinski definition) is 1. The number of aliphatic hydroxyl groups is 1. The summed E-state index contributed by atoms with van der Waals surface area (Å²) in [6, 6.07) is 0. The summed E-state index contributed by atoms with van der Waals surface area (Å²) in [4.78, 5) is 2.77. The van der Waals surface area contributed by atoms with Crippen LogP contribution in [0.5, 0.6) is 0 Å². The molecule has 2 atom stereocenters. The molecule has 1 aliphatic carbocycles. The monoisotopic (exact) mass is 182 g/mol. The van der Waals surface area contributed by atoms with Gasteiger partial charge in [0.1, 0.15) is 0 Å². The maximum absolute atomic E-state index is 9.85. The normalized spacial score (nSPS) is 27.7. The first kappa shape index (κ1) is 8.27. The summed E-state index contributed by atoms with van der Waals surface area (Å²) in [5.41, 5.74) is 2.54. The van der Waals surface area contributed by atoms with Gasteiger partial charge in [-0.05, 0) is 37.3 Å². The lowest BCUT2D eigenvalue weighted by atomic mass is 10.0. The molecule has 2 unspecified atom stereocenters. The van der Waals surface area contributed by atoms with E-state index in [-0.39, 0.29) is 6.10 Å². The van der Waals surface area contributed by atoms with Crippen molar-refractivity contribution in [2.24, 2.45) is 5.92 Å². The van der Waals surface area contributed by atoms with Crippen LogP contribution in [0.3, 0.4) is 0 Å². The maximum Gasteiger partial charge on any atom is 0.0832 e. The van der Waals surface area contributed by atoms with Crippen molar-refractivity contribution in [1.29, 1.82) is 0 Å². The second kappa shape index (κ2) is 2.57. The zero-order valence-electron chi connectivity index (χ0n) is 7.72. The van der Waals surface area contributed by atoms with Gasteiger partial charge in [-0.15, -0.1) is 11.3 Å². The molecule has 0 fully saturated rings. The molecule has 1 N–H and O–H groups in total. The molecule has 66 valence electrons. The number of aryl methyl sites for hydroxylation is 1. The van der Waals surface area contributed by atoms with Crippen LogP contribution in [0.1, 0.15) is 33.9 Å². The van der Waals surface area contributed by atoms with Crippen molar-refractivity contribution < 1.29 is 5.11 Å². The largest absolute Gasteiger partial charge is 0.388 e. The topological polar surface area (TPSA) is 20.2 Å². The third-order valence-electron chi connectivity index (χ3n) is 2.85. The standard InChI is InChI=1S/C10H14OS/c1-5-4-8-9(10(5)11)6(2)7(3)12-8/h5,10-11H,4H2,1-3H3. The fraction of sp³-hybridized carbons (Fsp3) is 0.600. The molecule has 0 radical (unpaired) electrons. The molecule has 12 heavy (non-hydrogen) atoms. The molecule has 1 heterocycles. The molecule has 0 spiro atoms. The average Bonchev–Trinajstić information content (AvgIpc) is 2.40. The van der Waals surface area contributed by atoms with E-state index in [4.69, 9.17) is 0 Å². The van der Waals surface area contributed by atoms with Crippen LogP contribution >= 0.6 is 11.3 Å². The second-order valence-corrected chi connectivity index (χ2v) is 5.06. The van der Waals surface area contributed by atoms with Crippen LogP contribution in [0, 0.1) is 19.8 Å². The Morgan fingerprint density at radius 1 is 1.42 bits per heavy atom. The molecule has 1 aromatic heterocycles. The summed E-state index contributed by atoms with van der Waals surface area (Å²) in [7, 11) is 0. The lowest BCUT2D eigenvalue weighted by molar-refractivity contribution is 0.132. The number of hydrogen-bond acceptors (Lipinski definition) is 2. The van der Waals surface area contributed by atoms with E-state index in [0.29, 0.717) is 5.92 Å². The van der Waals surface area contributed by atoms with Gasteiger partial charge in [0, 0.05) is 9.75 Å². The summed E-state index contributed by atoms with van der Waals surface area (Å²) in [5.74, 6) is 0.422. The van der Waals surface area contributed by atoms with Gasteiger partial charge in [0.05, 0.1) is 6.10 Å². The zero-order chi connectivity index (χ0) is 8.88. The Hall–Kier alpha value is -0.340. The van der Waals surface area contributed by atoms with Gasteiger partial charge < -0.3 is 5.11 Å². The molecule has 0 saturated heterocycles. The van der Waals surface area contributed by atoms with Crippen LogP contribution in [0.15, 0.2) is 0 Å². The van der Waals surface area contributed by atoms with Crippen LogP contribution in [-0.4, -0.2) is 5.11 Å². The third kappa shape index (κ3) is 0.947.